The maximum atomic E-state index is 12.1. The molecule has 1 fully saturated rings. The van der Waals surface area contributed by atoms with Crippen LogP contribution in [0, 0.1) is 0 Å². The minimum Gasteiger partial charge on any atom is -0.377 e. The molecule has 3 rings (SSSR count). The van der Waals surface area contributed by atoms with E-state index in [0.29, 0.717) is 30.5 Å². The molecule has 0 aromatic carbocycles. The summed E-state index contributed by atoms with van der Waals surface area (Å²) in [7, 11) is 1.58. The fourth-order valence-corrected chi connectivity index (χ4v) is 2.29. The summed E-state index contributed by atoms with van der Waals surface area (Å²) in [6.07, 6.45) is 2.08. The van der Waals surface area contributed by atoms with E-state index in [4.69, 9.17) is 20.9 Å². The van der Waals surface area contributed by atoms with Gasteiger partial charge in [-0.2, -0.15) is 0 Å². The van der Waals surface area contributed by atoms with Gasteiger partial charge in [0, 0.05) is 25.2 Å². The Balaban J connectivity index is 1.91. The predicted molar refractivity (Wildman–Crippen MR) is 71.8 cm³/mol. The molecule has 0 atom stereocenters. The molecule has 0 unspecified atom stereocenters. The van der Waals surface area contributed by atoms with Crippen LogP contribution in [-0.4, -0.2) is 21.8 Å². The lowest BCUT2D eigenvalue weighted by atomic mass is 10.3. The quantitative estimate of drug-likeness (QED) is 0.789. The molecule has 0 amide bonds. The molecule has 0 spiro atoms. The molecule has 0 bridgehead atoms. The molecule has 2 aromatic rings. The summed E-state index contributed by atoms with van der Waals surface area (Å²) >= 11 is 5.87. The zero-order valence-electron chi connectivity index (χ0n) is 11.0. The van der Waals surface area contributed by atoms with Gasteiger partial charge in [0.15, 0.2) is 5.76 Å². The summed E-state index contributed by atoms with van der Waals surface area (Å²) in [5.74, 6) is 1.69. The lowest BCUT2D eigenvalue weighted by Gasteiger charge is -2.09. The maximum Gasteiger partial charge on any atom is 0.255 e. The first kappa shape index (κ1) is 13.3. The Hall–Kier alpha value is -1.66. The van der Waals surface area contributed by atoms with E-state index in [9.17, 15) is 4.79 Å². The second kappa shape index (κ2) is 5.38. The summed E-state index contributed by atoms with van der Waals surface area (Å²) in [5, 5.41) is 4.18. The van der Waals surface area contributed by atoms with E-state index in [1.807, 2.05) is 0 Å². The fourth-order valence-electron chi connectivity index (χ4n) is 2.11. The van der Waals surface area contributed by atoms with Gasteiger partial charge in [-0.15, -0.1) is 0 Å². The second-order valence-corrected chi connectivity index (χ2v) is 5.24. The van der Waals surface area contributed by atoms with Gasteiger partial charge >= 0.3 is 0 Å². The van der Waals surface area contributed by atoms with Crippen LogP contribution >= 0.6 is 11.6 Å². The van der Waals surface area contributed by atoms with E-state index in [-0.39, 0.29) is 10.7 Å². The van der Waals surface area contributed by atoms with Crippen molar-refractivity contribution in [2.45, 2.75) is 31.9 Å². The van der Waals surface area contributed by atoms with Gasteiger partial charge in [0.2, 0.25) is 0 Å². The highest BCUT2D eigenvalue weighted by Crippen LogP contribution is 2.38. The summed E-state index contributed by atoms with van der Waals surface area (Å²) in [6.45, 7) is 0.693. The molecular formula is C13H14ClN3O3. The van der Waals surface area contributed by atoms with Crippen molar-refractivity contribution in [1.29, 1.82) is 0 Å². The zero-order chi connectivity index (χ0) is 14.1. The third-order valence-corrected chi connectivity index (χ3v) is 3.36. The molecule has 0 aliphatic heterocycles. The fraction of sp³-hybridized carbons (Fsp3) is 0.462. The number of methoxy groups -OCH3 is 1. The van der Waals surface area contributed by atoms with Crippen molar-refractivity contribution in [3.05, 3.63) is 44.9 Å². The number of aromatic nitrogens is 3. The molecule has 20 heavy (non-hydrogen) atoms. The van der Waals surface area contributed by atoms with Crippen molar-refractivity contribution in [3.63, 3.8) is 0 Å². The number of nitrogens with zero attached hydrogens (tertiary/aromatic N) is 3. The van der Waals surface area contributed by atoms with Gasteiger partial charge in [-0.05, 0) is 12.8 Å². The van der Waals surface area contributed by atoms with Gasteiger partial charge in [0.05, 0.1) is 6.54 Å². The number of halogens is 1. The number of hydrogen-bond donors (Lipinski definition) is 0. The van der Waals surface area contributed by atoms with Crippen LogP contribution < -0.4 is 5.56 Å². The first-order valence-corrected chi connectivity index (χ1v) is 6.76. The highest BCUT2D eigenvalue weighted by atomic mass is 35.5. The zero-order valence-corrected chi connectivity index (χ0v) is 11.8. The topological polar surface area (TPSA) is 70.2 Å². The Morgan fingerprint density at radius 2 is 2.30 bits per heavy atom. The summed E-state index contributed by atoms with van der Waals surface area (Å²) in [5.41, 5.74) is 0.508. The van der Waals surface area contributed by atoms with Crippen LogP contribution in [0.3, 0.4) is 0 Å². The molecule has 0 saturated heterocycles. The minimum absolute atomic E-state index is 0.164. The minimum atomic E-state index is -0.164. The standard InChI is InChI=1S/C13H14ClN3O3/c1-19-7-10-4-9(16-20-10)6-17-12(18)5-11(14)15-13(17)8-2-3-8/h4-5,8H,2-3,6-7H2,1H3. The van der Waals surface area contributed by atoms with Gasteiger partial charge in [-0.1, -0.05) is 16.8 Å². The number of rotatable bonds is 5. The first-order chi connectivity index (χ1) is 9.67. The van der Waals surface area contributed by atoms with E-state index >= 15 is 0 Å². The Bertz CT molecular complexity index is 676. The van der Waals surface area contributed by atoms with Crippen molar-refractivity contribution in [1.82, 2.24) is 14.7 Å². The third kappa shape index (κ3) is 2.76. The van der Waals surface area contributed by atoms with E-state index in [2.05, 4.69) is 10.1 Å². The Kier molecular flexibility index (Phi) is 3.58. The highest BCUT2D eigenvalue weighted by molar-refractivity contribution is 6.29. The Morgan fingerprint density at radius 1 is 1.50 bits per heavy atom. The molecule has 2 heterocycles. The average Bonchev–Trinajstić information content (AvgIpc) is 3.15. The van der Waals surface area contributed by atoms with Crippen molar-refractivity contribution in [3.8, 4) is 0 Å². The first-order valence-electron chi connectivity index (χ1n) is 6.38. The van der Waals surface area contributed by atoms with Crippen molar-refractivity contribution >= 4 is 11.6 Å². The van der Waals surface area contributed by atoms with Crippen LogP contribution in [0.5, 0.6) is 0 Å². The maximum absolute atomic E-state index is 12.1. The van der Waals surface area contributed by atoms with Crippen molar-refractivity contribution in [2.75, 3.05) is 7.11 Å². The van der Waals surface area contributed by atoms with Gasteiger partial charge in [-0.25, -0.2) is 4.98 Å². The lowest BCUT2D eigenvalue weighted by molar-refractivity contribution is 0.155. The monoisotopic (exact) mass is 295 g/mol. The summed E-state index contributed by atoms with van der Waals surface area (Å²) in [4.78, 5) is 16.4. The van der Waals surface area contributed by atoms with E-state index in [1.165, 1.54) is 6.07 Å². The molecule has 0 radical (unpaired) electrons. The van der Waals surface area contributed by atoms with Crippen LogP contribution in [0.4, 0.5) is 0 Å². The number of ether oxygens (including phenoxy) is 1. The van der Waals surface area contributed by atoms with Crippen LogP contribution in [0.2, 0.25) is 5.15 Å². The van der Waals surface area contributed by atoms with Gasteiger partial charge in [-0.3, -0.25) is 9.36 Å². The normalized spacial score (nSPS) is 14.7. The molecule has 1 saturated carbocycles. The molecular weight excluding hydrogens is 282 g/mol. The van der Waals surface area contributed by atoms with E-state index in [1.54, 1.807) is 17.7 Å². The molecule has 6 nitrogen and oxygen atoms in total. The largest absolute Gasteiger partial charge is 0.377 e. The SMILES string of the molecule is COCc1cc(Cn2c(C3CC3)nc(Cl)cc2=O)no1. The molecule has 1 aliphatic carbocycles. The molecule has 0 N–H and O–H groups in total. The summed E-state index contributed by atoms with van der Waals surface area (Å²) in [6, 6.07) is 3.10. The van der Waals surface area contributed by atoms with Gasteiger partial charge < -0.3 is 9.26 Å². The molecule has 106 valence electrons. The predicted octanol–water partition coefficient (Wildman–Crippen LogP) is 1.96. The van der Waals surface area contributed by atoms with E-state index in [0.717, 1.165) is 18.7 Å². The Labute approximate surface area is 120 Å². The molecule has 2 aromatic heterocycles. The van der Waals surface area contributed by atoms with Crippen LogP contribution in [-0.2, 0) is 17.9 Å². The third-order valence-electron chi connectivity index (χ3n) is 3.16. The highest BCUT2D eigenvalue weighted by Gasteiger charge is 2.29. The second-order valence-electron chi connectivity index (χ2n) is 4.85. The average molecular weight is 296 g/mol. The van der Waals surface area contributed by atoms with E-state index < -0.39 is 0 Å². The van der Waals surface area contributed by atoms with Crippen LogP contribution in [0.15, 0.2) is 21.5 Å². The van der Waals surface area contributed by atoms with Crippen molar-refractivity contribution < 1.29 is 9.26 Å². The smallest absolute Gasteiger partial charge is 0.255 e. The van der Waals surface area contributed by atoms with Crippen LogP contribution in [0.25, 0.3) is 0 Å². The van der Waals surface area contributed by atoms with Crippen molar-refractivity contribution in [2.24, 2.45) is 0 Å². The van der Waals surface area contributed by atoms with Crippen LogP contribution in [0.1, 0.15) is 36.0 Å². The van der Waals surface area contributed by atoms with Gasteiger partial charge in [0.1, 0.15) is 23.3 Å². The lowest BCUT2D eigenvalue weighted by Crippen LogP contribution is -2.24. The summed E-state index contributed by atoms with van der Waals surface area (Å²) < 4.78 is 11.7. The Morgan fingerprint density at radius 3 is 3.00 bits per heavy atom. The van der Waals surface area contributed by atoms with Gasteiger partial charge in [0.25, 0.3) is 5.56 Å². The molecule has 7 heteroatoms. The molecule has 1 aliphatic rings. The number of hydrogen-bond acceptors (Lipinski definition) is 5.